The minimum Gasteiger partial charge on any atom is -0.361 e. The number of hydrogen-bond acceptors (Lipinski definition) is 4. The Kier molecular flexibility index (Phi) is 3.69. The van der Waals surface area contributed by atoms with Crippen molar-refractivity contribution in [3.8, 4) is 0 Å². The van der Waals surface area contributed by atoms with E-state index in [4.69, 9.17) is 0 Å². The lowest BCUT2D eigenvalue weighted by molar-refractivity contribution is -0.173. The predicted octanol–water partition coefficient (Wildman–Crippen LogP) is 1.45. The third-order valence-electron chi connectivity index (χ3n) is 1.94. The maximum atomic E-state index is 12.3. The molecule has 0 amide bonds. The van der Waals surface area contributed by atoms with Gasteiger partial charge in [0.05, 0.1) is 6.20 Å². The largest absolute Gasteiger partial charge is 0.450 e. The number of nitrogens with zero attached hydrogens (tertiary/aromatic N) is 2. The fourth-order valence-corrected chi connectivity index (χ4v) is 1.27. The zero-order valence-corrected chi connectivity index (χ0v) is 8.78. The zero-order chi connectivity index (χ0) is 12.3. The number of aromatic nitrogens is 1. The van der Waals surface area contributed by atoms with Crippen LogP contribution in [0.15, 0.2) is 16.8 Å². The molecule has 0 N–H and O–H groups in total. The number of carbonyl (C=O) groups excluding carboxylic acids is 1. The van der Waals surface area contributed by atoms with E-state index in [0.29, 0.717) is 0 Å². The van der Waals surface area contributed by atoms with Gasteiger partial charge in [-0.15, -0.1) is 0 Å². The molecule has 1 atom stereocenters. The van der Waals surface area contributed by atoms with Gasteiger partial charge in [0.2, 0.25) is 5.78 Å². The normalized spacial score (nSPS) is 14.1. The second-order valence-electron chi connectivity index (χ2n) is 3.59. The lowest BCUT2D eigenvalue weighted by Gasteiger charge is -2.18. The van der Waals surface area contributed by atoms with Crippen molar-refractivity contribution in [1.82, 2.24) is 10.1 Å². The average molecular weight is 236 g/mol. The molecule has 0 spiro atoms. The summed E-state index contributed by atoms with van der Waals surface area (Å²) in [5.74, 6) is -3.26. The van der Waals surface area contributed by atoms with Crippen molar-refractivity contribution in [1.29, 1.82) is 0 Å². The fraction of sp³-hybridized carbons (Fsp3) is 0.556. The van der Waals surface area contributed by atoms with Crippen molar-refractivity contribution in [3.05, 3.63) is 18.0 Å². The molecular weight excluding hydrogens is 225 g/mol. The monoisotopic (exact) mass is 236 g/mol. The van der Waals surface area contributed by atoms with Crippen molar-refractivity contribution >= 4 is 5.78 Å². The topological polar surface area (TPSA) is 46.3 Å². The van der Waals surface area contributed by atoms with Gasteiger partial charge in [-0.2, -0.15) is 13.2 Å². The molecule has 0 aliphatic heterocycles. The van der Waals surface area contributed by atoms with Crippen LogP contribution in [0.1, 0.15) is 11.7 Å². The Morgan fingerprint density at radius 3 is 2.56 bits per heavy atom. The number of hydrogen-bond donors (Lipinski definition) is 0. The van der Waals surface area contributed by atoms with Crippen molar-refractivity contribution in [2.24, 2.45) is 0 Å². The molecule has 0 bridgehead atoms. The molecule has 1 aromatic rings. The number of ketones is 1. The summed E-state index contributed by atoms with van der Waals surface area (Å²) in [5.41, 5.74) is 0. The van der Waals surface area contributed by atoms with Gasteiger partial charge in [-0.3, -0.25) is 4.79 Å². The van der Waals surface area contributed by atoms with E-state index in [2.05, 4.69) is 9.68 Å². The van der Waals surface area contributed by atoms with Gasteiger partial charge in [0, 0.05) is 12.6 Å². The second kappa shape index (κ2) is 4.65. The van der Waals surface area contributed by atoms with Crippen molar-refractivity contribution < 1.29 is 22.5 Å². The number of likely N-dealkylation sites (N-methyl/N-ethyl adjacent to an activating group) is 1. The van der Waals surface area contributed by atoms with Crippen LogP contribution in [0.3, 0.4) is 0 Å². The summed E-state index contributed by atoms with van der Waals surface area (Å²) in [7, 11) is 3.15. The molecule has 0 radical (unpaired) electrons. The quantitative estimate of drug-likeness (QED) is 0.793. The summed E-state index contributed by atoms with van der Waals surface area (Å²) in [5, 5.41) is 3.30. The number of carbonyl (C=O) groups is 1. The van der Waals surface area contributed by atoms with E-state index in [1.165, 1.54) is 17.2 Å². The number of halogens is 3. The number of Topliss-reactive ketones (excluding diaryl/α,β-unsaturated/α-hetero) is 1. The van der Waals surface area contributed by atoms with Gasteiger partial charge in [0.1, 0.15) is 11.7 Å². The van der Waals surface area contributed by atoms with Crippen molar-refractivity contribution in [3.63, 3.8) is 0 Å². The summed E-state index contributed by atoms with van der Waals surface area (Å²) < 4.78 is 41.5. The van der Waals surface area contributed by atoms with E-state index in [-0.39, 0.29) is 12.3 Å². The van der Waals surface area contributed by atoms with E-state index in [1.807, 2.05) is 0 Å². The third kappa shape index (κ3) is 3.06. The van der Waals surface area contributed by atoms with Crippen molar-refractivity contribution in [2.45, 2.75) is 12.1 Å². The summed E-state index contributed by atoms with van der Waals surface area (Å²) in [4.78, 5) is 12.6. The maximum absolute atomic E-state index is 12.3. The second-order valence-corrected chi connectivity index (χ2v) is 3.59. The number of rotatable bonds is 4. The van der Waals surface area contributed by atoms with E-state index < -0.39 is 17.9 Å². The molecule has 1 unspecified atom stereocenters. The molecule has 1 rings (SSSR count). The van der Waals surface area contributed by atoms with E-state index in [9.17, 15) is 18.0 Å². The first-order chi connectivity index (χ1) is 7.32. The highest BCUT2D eigenvalue weighted by molar-refractivity contribution is 5.90. The van der Waals surface area contributed by atoms with Crippen LogP contribution in [-0.2, 0) is 4.79 Å². The van der Waals surface area contributed by atoms with Gasteiger partial charge >= 0.3 is 6.18 Å². The Morgan fingerprint density at radius 1 is 1.56 bits per heavy atom. The summed E-state index contributed by atoms with van der Waals surface area (Å²) in [6.45, 7) is -0.0759. The first-order valence-electron chi connectivity index (χ1n) is 4.48. The van der Waals surface area contributed by atoms with Gasteiger partial charge < -0.3 is 9.42 Å². The van der Waals surface area contributed by atoms with Gasteiger partial charge in [-0.05, 0) is 14.1 Å². The standard InChI is InChI=1S/C9H11F3N2O2/c1-14(2)5-6(7-3-4-13-16-7)8(15)9(10,11)12/h3-4,6H,5H2,1-2H3. The molecule has 0 aromatic carbocycles. The van der Waals surface area contributed by atoms with Gasteiger partial charge in [0.15, 0.2) is 0 Å². The third-order valence-corrected chi connectivity index (χ3v) is 1.94. The van der Waals surface area contributed by atoms with Gasteiger partial charge in [-0.25, -0.2) is 0 Å². The molecular formula is C9H11F3N2O2. The maximum Gasteiger partial charge on any atom is 0.450 e. The summed E-state index contributed by atoms with van der Waals surface area (Å²) in [6.07, 6.45) is -3.66. The van der Waals surface area contributed by atoms with Crippen LogP contribution >= 0.6 is 0 Å². The molecule has 90 valence electrons. The van der Waals surface area contributed by atoms with Crippen LogP contribution in [0.4, 0.5) is 13.2 Å². The van der Waals surface area contributed by atoms with Crippen LogP contribution in [0.25, 0.3) is 0 Å². The molecule has 0 aliphatic rings. The van der Waals surface area contributed by atoms with Gasteiger partial charge in [0.25, 0.3) is 0 Å². The molecule has 16 heavy (non-hydrogen) atoms. The molecule has 0 aliphatic carbocycles. The molecule has 4 nitrogen and oxygen atoms in total. The lowest BCUT2D eigenvalue weighted by Crippen LogP contribution is -2.34. The molecule has 0 fully saturated rings. The molecule has 0 saturated heterocycles. The first kappa shape index (κ1) is 12.7. The van der Waals surface area contributed by atoms with E-state index >= 15 is 0 Å². The minimum atomic E-state index is -4.87. The Hall–Kier alpha value is -1.37. The lowest BCUT2D eigenvalue weighted by atomic mass is 10.0. The Balaban J connectivity index is 2.93. The van der Waals surface area contributed by atoms with Crippen molar-refractivity contribution in [2.75, 3.05) is 20.6 Å². The highest BCUT2D eigenvalue weighted by atomic mass is 19.4. The van der Waals surface area contributed by atoms with Crippen LogP contribution < -0.4 is 0 Å². The van der Waals surface area contributed by atoms with Gasteiger partial charge in [-0.1, -0.05) is 5.16 Å². The minimum absolute atomic E-state index is 0.0731. The predicted molar refractivity (Wildman–Crippen MR) is 48.9 cm³/mol. The van der Waals surface area contributed by atoms with E-state index in [1.54, 1.807) is 14.1 Å². The molecule has 1 aromatic heterocycles. The highest BCUT2D eigenvalue weighted by Crippen LogP contribution is 2.27. The van der Waals surface area contributed by atoms with Crippen LogP contribution in [0.2, 0.25) is 0 Å². The first-order valence-corrected chi connectivity index (χ1v) is 4.48. The van der Waals surface area contributed by atoms with E-state index in [0.717, 1.165) is 0 Å². The molecule has 0 saturated carbocycles. The fourth-order valence-electron chi connectivity index (χ4n) is 1.27. The summed E-state index contributed by atoms with van der Waals surface area (Å²) >= 11 is 0. The molecule has 1 heterocycles. The van der Waals surface area contributed by atoms with Crippen LogP contribution in [0.5, 0.6) is 0 Å². The molecule has 7 heteroatoms. The number of alkyl halides is 3. The average Bonchev–Trinajstić information content (AvgIpc) is 2.63. The SMILES string of the molecule is CN(C)CC(C(=O)C(F)(F)F)c1ccno1. The van der Waals surface area contributed by atoms with Crippen LogP contribution in [-0.4, -0.2) is 42.7 Å². The smallest absolute Gasteiger partial charge is 0.361 e. The zero-order valence-electron chi connectivity index (χ0n) is 8.78. The Labute approximate surface area is 90.0 Å². The van der Waals surface area contributed by atoms with Crippen LogP contribution in [0, 0.1) is 0 Å². The highest BCUT2D eigenvalue weighted by Gasteiger charge is 2.45. The summed E-state index contributed by atoms with van der Waals surface area (Å²) in [6, 6.07) is 1.26. The Bertz CT molecular complexity index is 346. The Morgan fingerprint density at radius 2 is 2.19 bits per heavy atom.